The Morgan fingerprint density at radius 2 is 2.11 bits per heavy atom. The molecule has 0 aliphatic heterocycles. The molecule has 0 unspecified atom stereocenters. The van der Waals surface area contributed by atoms with E-state index < -0.39 is 0 Å². The molecule has 3 rings (SSSR count). The Morgan fingerprint density at radius 3 is 2.78 bits per heavy atom. The minimum absolute atomic E-state index is 0.608. The van der Waals surface area contributed by atoms with Crippen LogP contribution in [-0.2, 0) is 6.54 Å². The normalized spacial score (nSPS) is 15.8. The number of thiophene rings is 1. The number of rotatable bonds is 4. The van der Waals surface area contributed by atoms with Gasteiger partial charge in [-0.3, -0.25) is 0 Å². The zero-order chi connectivity index (χ0) is 12.7. The van der Waals surface area contributed by atoms with Crippen LogP contribution >= 0.6 is 11.3 Å². The predicted molar refractivity (Wildman–Crippen MR) is 80.5 cm³/mol. The Bertz CT molecular complexity index is 564. The summed E-state index contributed by atoms with van der Waals surface area (Å²) in [5.74, 6) is 0.608. The van der Waals surface area contributed by atoms with E-state index in [4.69, 9.17) is 0 Å². The molecule has 1 N–H and O–H groups in total. The first-order valence-electron chi connectivity index (χ1n) is 6.90. The molecule has 1 saturated carbocycles. The maximum atomic E-state index is 3.65. The number of hydrogen-bond donors (Lipinski definition) is 1. The fourth-order valence-corrected chi connectivity index (χ4v) is 3.86. The van der Waals surface area contributed by atoms with E-state index >= 15 is 0 Å². The van der Waals surface area contributed by atoms with Crippen LogP contribution in [0.1, 0.15) is 48.6 Å². The van der Waals surface area contributed by atoms with Gasteiger partial charge < -0.3 is 5.32 Å². The second-order valence-electron chi connectivity index (χ2n) is 5.75. The van der Waals surface area contributed by atoms with E-state index in [1.54, 1.807) is 5.56 Å². The van der Waals surface area contributed by atoms with Crippen LogP contribution in [-0.4, -0.2) is 6.04 Å². The largest absolute Gasteiger partial charge is 0.309 e. The van der Waals surface area contributed by atoms with Crippen LogP contribution in [0.25, 0.3) is 10.1 Å². The zero-order valence-electron chi connectivity index (χ0n) is 11.4. The molecule has 1 nitrogen and oxygen atoms in total. The molecule has 0 bridgehead atoms. The summed E-state index contributed by atoms with van der Waals surface area (Å²) >= 11 is 1.97. The first-order valence-corrected chi connectivity index (χ1v) is 7.72. The van der Waals surface area contributed by atoms with Crippen LogP contribution < -0.4 is 5.32 Å². The van der Waals surface area contributed by atoms with Crippen molar-refractivity contribution in [3.8, 4) is 0 Å². The smallest absolute Gasteiger partial charge is 0.0349 e. The van der Waals surface area contributed by atoms with Crippen molar-refractivity contribution in [2.24, 2.45) is 0 Å². The van der Waals surface area contributed by atoms with Crippen LogP contribution in [0.3, 0.4) is 0 Å². The molecule has 18 heavy (non-hydrogen) atoms. The summed E-state index contributed by atoms with van der Waals surface area (Å²) in [6.45, 7) is 7.86. The van der Waals surface area contributed by atoms with Crippen LogP contribution in [0.4, 0.5) is 0 Å². The van der Waals surface area contributed by atoms with Crippen molar-refractivity contribution in [2.75, 3.05) is 0 Å². The molecule has 0 spiro atoms. The van der Waals surface area contributed by atoms with E-state index in [-0.39, 0.29) is 0 Å². The second kappa shape index (κ2) is 4.67. The first kappa shape index (κ1) is 12.2. The van der Waals surface area contributed by atoms with E-state index in [0.717, 1.165) is 12.6 Å². The van der Waals surface area contributed by atoms with Crippen molar-refractivity contribution >= 4 is 21.4 Å². The third-order valence-electron chi connectivity index (χ3n) is 3.66. The molecular weight excluding hydrogens is 238 g/mol. The number of nitrogens with one attached hydrogen (secondary N) is 1. The van der Waals surface area contributed by atoms with Crippen LogP contribution in [0.5, 0.6) is 0 Å². The van der Waals surface area contributed by atoms with Gasteiger partial charge in [-0.1, -0.05) is 31.5 Å². The van der Waals surface area contributed by atoms with Gasteiger partial charge in [-0.05, 0) is 42.7 Å². The maximum Gasteiger partial charge on any atom is 0.0349 e. The minimum atomic E-state index is 0.608. The van der Waals surface area contributed by atoms with Gasteiger partial charge >= 0.3 is 0 Å². The monoisotopic (exact) mass is 259 g/mol. The van der Waals surface area contributed by atoms with Crippen LogP contribution in [0, 0.1) is 6.92 Å². The van der Waals surface area contributed by atoms with Gasteiger partial charge in [0.05, 0.1) is 0 Å². The van der Waals surface area contributed by atoms with Crippen molar-refractivity contribution < 1.29 is 0 Å². The summed E-state index contributed by atoms with van der Waals surface area (Å²) in [7, 11) is 0. The van der Waals surface area contributed by atoms with Gasteiger partial charge in [0.15, 0.2) is 0 Å². The fourth-order valence-electron chi connectivity index (χ4n) is 2.57. The predicted octanol–water partition coefficient (Wildman–Crippen LogP) is 4.59. The lowest BCUT2D eigenvalue weighted by atomic mass is 9.98. The van der Waals surface area contributed by atoms with Gasteiger partial charge in [-0.2, -0.15) is 0 Å². The highest BCUT2D eigenvalue weighted by molar-refractivity contribution is 7.19. The van der Waals surface area contributed by atoms with Crippen molar-refractivity contribution in [2.45, 2.75) is 52.1 Å². The summed E-state index contributed by atoms with van der Waals surface area (Å²) in [4.78, 5) is 1.54. The van der Waals surface area contributed by atoms with Crippen molar-refractivity contribution in [1.29, 1.82) is 0 Å². The molecule has 0 saturated heterocycles. The lowest BCUT2D eigenvalue weighted by molar-refractivity contribution is 0.686. The maximum absolute atomic E-state index is 3.65. The summed E-state index contributed by atoms with van der Waals surface area (Å²) in [6, 6.07) is 7.64. The Hall–Kier alpha value is -0.860. The summed E-state index contributed by atoms with van der Waals surface area (Å²) in [5.41, 5.74) is 2.93. The summed E-state index contributed by atoms with van der Waals surface area (Å²) in [6.07, 6.45) is 2.72. The molecule has 0 atom stereocenters. The molecule has 1 aromatic heterocycles. The Kier molecular flexibility index (Phi) is 3.16. The van der Waals surface area contributed by atoms with Crippen molar-refractivity contribution in [3.63, 3.8) is 0 Å². The van der Waals surface area contributed by atoms with Crippen LogP contribution in [0.2, 0.25) is 0 Å². The molecular formula is C16H21NS. The Balaban J connectivity index is 2.02. The Labute approximate surface area is 113 Å². The van der Waals surface area contributed by atoms with E-state index in [0.29, 0.717) is 5.92 Å². The first-order chi connectivity index (χ1) is 8.65. The van der Waals surface area contributed by atoms with E-state index in [9.17, 15) is 0 Å². The molecule has 1 aliphatic carbocycles. The molecule has 1 aromatic carbocycles. The molecule has 1 heterocycles. The molecule has 0 radical (unpaired) electrons. The fraction of sp³-hybridized carbons (Fsp3) is 0.500. The SMILES string of the molecule is Cc1ccc2sc(CNC3CC3)c(C(C)C)c2c1. The highest BCUT2D eigenvalue weighted by Crippen LogP contribution is 2.37. The number of aryl methyl sites for hydroxylation is 1. The van der Waals surface area contributed by atoms with Crippen LogP contribution in [0.15, 0.2) is 18.2 Å². The van der Waals surface area contributed by atoms with Gasteiger partial charge in [-0.15, -0.1) is 11.3 Å². The van der Waals surface area contributed by atoms with Gasteiger partial charge in [0.2, 0.25) is 0 Å². The number of benzene rings is 1. The van der Waals surface area contributed by atoms with Gasteiger partial charge in [0.1, 0.15) is 0 Å². The summed E-state index contributed by atoms with van der Waals surface area (Å²) in [5, 5.41) is 5.13. The van der Waals surface area contributed by atoms with E-state index in [1.165, 1.54) is 33.4 Å². The average Bonchev–Trinajstić information content (AvgIpc) is 3.07. The Morgan fingerprint density at radius 1 is 1.33 bits per heavy atom. The molecule has 96 valence electrons. The minimum Gasteiger partial charge on any atom is -0.309 e. The number of hydrogen-bond acceptors (Lipinski definition) is 2. The van der Waals surface area contributed by atoms with Crippen molar-refractivity contribution in [3.05, 3.63) is 34.2 Å². The number of fused-ring (bicyclic) bond motifs is 1. The topological polar surface area (TPSA) is 12.0 Å². The van der Waals surface area contributed by atoms with Gasteiger partial charge in [-0.25, -0.2) is 0 Å². The standard InChI is InChI=1S/C16H21NS/c1-10(2)16-13-8-11(3)4-7-14(13)18-15(16)9-17-12-5-6-12/h4,7-8,10,12,17H,5-6,9H2,1-3H3. The lowest BCUT2D eigenvalue weighted by Gasteiger charge is -2.09. The van der Waals surface area contributed by atoms with Gasteiger partial charge in [0, 0.05) is 22.2 Å². The average molecular weight is 259 g/mol. The van der Waals surface area contributed by atoms with E-state index in [1.807, 2.05) is 11.3 Å². The molecule has 1 aliphatic rings. The second-order valence-corrected chi connectivity index (χ2v) is 6.89. The molecule has 2 aromatic rings. The molecule has 1 fully saturated rings. The highest BCUT2D eigenvalue weighted by Gasteiger charge is 2.22. The summed E-state index contributed by atoms with van der Waals surface area (Å²) < 4.78 is 1.44. The van der Waals surface area contributed by atoms with E-state index in [2.05, 4.69) is 44.3 Å². The third-order valence-corrected chi connectivity index (χ3v) is 4.85. The van der Waals surface area contributed by atoms with Crippen molar-refractivity contribution in [1.82, 2.24) is 5.32 Å². The molecule has 0 amide bonds. The quantitative estimate of drug-likeness (QED) is 0.847. The highest BCUT2D eigenvalue weighted by atomic mass is 32.1. The lowest BCUT2D eigenvalue weighted by Crippen LogP contribution is -2.15. The van der Waals surface area contributed by atoms with Gasteiger partial charge in [0.25, 0.3) is 0 Å². The molecule has 2 heteroatoms. The zero-order valence-corrected chi connectivity index (χ0v) is 12.2. The third kappa shape index (κ3) is 2.32.